The Morgan fingerprint density at radius 2 is 0.556 bits per heavy atom. The lowest BCUT2D eigenvalue weighted by molar-refractivity contribution is 0.0431. The van der Waals surface area contributed by atoms with E-state index < -0.39 is 0 Å². The van der Waals surface area contributed by atoms with Crippen LogP contribution in [0.15, 0.2) is 61.3 Å². The van der Waals surface area contributed by atoms with Crippen molar-refractivity contribution in [3.63, 3.8) is 0 Å². The van der Waals surface area contributed by atoms with Gasteiger partial charge in [0.15, 0.2) is 86.4 Å². The number of hydrogen-bond acceptors (Lipinski definition) is 41. The molecule has 4 fully saturated rings. The van der Waals surface area contributed by atoms with Gasteiger partial charge in [0.05, 0.1) is 191 Å². The topological polar surface area (TPSA) is 527 Å². The van der Waals surface area contributed by atoms with Gasteiger partial charge in [0.1, 0.15) is 54.9 Å². The summed E-state index contributed by atoms with van der Waals surface area (Å²) in [4.78, 5) is 140. The highest BCUT2D eigenvalue weighted by Gasteiger charge is 2.47. The minimum atomic E-state index is -0.220. The first-order chi connectivity index (χ1) is 69.4. The minimum Gasteiger partial charge on any atom is -0.493 e. The van der Waals surface area contributed by atoms with Gasteiger partial charge in [-0.1, -0.05) is 117 Å². The maximum Gasteiger partial charge on any atom is 0.223 e. The maximum atomic E-state index is 13.3. The number of nitrogens with two attached hydrogens (primary N) is 5. The highest BCUT2D eigenvalue weighted by Crippen LogP contribution is 2.48. The summed E-state index contributed by atoms with van der Waals surface area (Å²) in [7, 11) is 15.7. The summed E-state index contributed by atoms with van der Waals surface area (Å²) < 4.78 is 58.7. The number of Topliss-reactive ketones (excluding diaryl/α,β-unsaturated/α-hetero) is 5. The van der Waals surface area contributed by atoms with E-state index in [0.29, 0.717) is 211 Å². The number of ether oxygens (including phenoxy) is 11. The first-order valence-electron chi connectivity index (χ1n) is 47.4. The quantitative estimate of drug-likeness (QED) is 0.0314. The fourth-order valence-electron chi connectivity index (χ4n) is 20.0. The lowest BCUT2D eigenvalue weighted by Crippen LogP contribution is -2.44. The van der Waals surface area contributed by atoms with Crippen molar-refractivity contribution < 1.29 is 76.1 Å². The van der Waals surface area contributed by atoms with Gasteiger partial charge >= 0.3 is 0 Å². The Morgan fingerprint density at radius 1 is 0.312 bits per heavy atom. The number of carbonyl (C=O) groups excluding carboxylic acids is 5. The first kappa shape index (κ1) is 105. The molecular weight excluding hydrogens is 1960 g/mol. The van der Waals surface area contributed by atoms with Gasteiger partial charge in [0, 0.05) is 106 Å². The molecule has 46 heteroatoms. The molecule has 10 aromatic rings. The third-order valence-corrected chi connectivity index (χ3v) is 28.8. The molecule has 0 spiro atoms. The molecule has 3 saturated carbocycles. The molecule has 3 aliphatic carbocycles. The van der Waals surface area contributed by atoms with Gasteiger partial charge in [-0.05, 0) is 74.5 Å². The highest BCUT2D eigenvalue weighted by atomic mass is 35.5. The fourth-order valence-corrected chi connectivity index (χ4v) is 21.3. The van der Waals surface area contributed by atoms with E-state index in [-0.39, 0.29) is 126 Å². The molecule has 5 unspecified atom stereocenters. The van der Waals surface area contributed by atoms with Crippen LogP contribution in [0.25, 0.3) is 0 Å². The van der Waals surface area contributed by atoms with Gasteiger partial charge in [0.25, 0.3) is 0 Å². The molecule has 19 rings (SSSR count). The van der Waals surface area contributed by atoms with Crippen LogP contribution in [-0.2, 0) is 37.5 Å². The molecule has 0 radical (unpaired) electrons. The van der Waals surface area contributed by atoms with E-state index in [0.717, 1.165) is 99.1 Å². The van der Waals surface area contributed by atoms with Crippen LogP contribution in [0.5, 0.6) is 57.5 Å². The molecule has 0 aromatic carbocycles. The van der Waals surface area contributed by atoms with Crippen LogP contribution in [0.4, 0.5) is 58.8 Å². The van der Waals surface area contributed by atoms with Gasteiger partial charge in [-0.3, -0.25) is 48.9 Å². The largest absolute Gasteiger partial charge is 0.493 e. The van der Waals surface area contributed by atoms with Crippen molar-refractivity contribution in [3.05, 3.63) is 143 Å². The number of rotatable bonds is 26. The highest BCUT2D eigenvalue weighted by molar-refractivity contribution is 6.36. The number of ketones is 5. The molecule has 0 amide bonds. The predicted octanol–water partition coefficient (Wildman–Crippen LogP) is 14.4. The minimum absolute atomic E-state index is 0.00317. The Morgan fingerprint density at radius 3 is 0.819 bits per heavy atom. The number of hydrogen-bond donors (Lipinski definition) is 5. The van der Waals surface area contributed by atoms with Gasteiger partial charge < -0.3 is 105 Å². The standard InChI is InChI=1S/C21H26ClN5O3.C20H24ClN5O4.C20H24ClN5O3.C19H22ClN5O3.C18H22ClN5O3/c1-29-15-8-13(24-9-16(15)30-2)10-27-11-14(12-6-4-3-5-7-12)18(28)17-19(22)25-21(23)26-20(17)27;1-28-14-7-12(23-8-15(14)29-2)9-26-10-13(11-3-5-30-6-4-11)17(27)16-18(21)24-20(22)25-19(16)26;1-28-14-7-12(23-8-15(14)29-2)9-26-10-13(11-5-3-4-6-11)17(27)16-18(21)24-20(22)25-19(16)26;1-27-13-6-12(22-7-14(13)28-2)9-25-8-11(5-10-3-4-10)16(26)15-17(20)23-19(21)24-18(15)25;1-9(2)11-8-24(7-10-5-12(26-3)13(27-4)6-21-10)17-14(15(11)25)16(19)22-18(20)23-17/h8-9,12,14H,3-7,10-11H2,1-2H3,(H2,23,25,26);7-8,11,13H,3-6,9-10H2,1-2H3,(H2,22,24,25);7-8,11,13H,3-6,9-10H2,1-2H3,(H2,22,24,25);6-7,10-11H,3-5,8-9H2,1-2H3,(H2,21,23,24);5-6,9,11H,7-8H2,1-4H3,(H2,20,22,23). The zero-order valence-corrected chi connectivity index (χ0v) is 86.0. The zero-order chi connectivity index (χ0) is 103. The number of nitrogen functional groups attached to an aromatic ring is 5. The number of anilines is 10. The number of halogens is 5. The molecule has 1 saturated heterocycles. The number of methoxy groups -OCH3 is 10. The summed E-state index contributed by atoms with van der Waals surface area (Å²) in [6, 6.07) is 9.08. The average molecular weight is 2080 g/mol. The third kappa shape index (κ3) is 23.8. The molecule has 0 bridgehead atoms. The van der Waals surface area contributed by atoms with Crippen molar-refractivity contribution in [2.24, 2.45) is 59.2 Å². The van der Waals surface area contributed by atoms with E-state index in [9.17, 15) is 24.0 Å². The molecule has 5 atom stereocenters. The predicted molar refractivity (Wildman–Crippen MR) is 543 cm³/mol. The molecule has 10 aromatic heterocycles. The van der Waals surface area contributed by atoms with Crippen LogP contribution in [0, 0.1) is 59.2 Å². The van der Waals surface area contributed by atoms with Crippen LogP contribution < -0.4 is 101 Å². The fraction of sp³-hybridized carbons (Fsp3) is 0.490. The Hall–Kier alpha value is -13.1. The van der Waals surface area contributed by atoms with Crippen LogP contribution in [-0.4, -0.2) is 221 Å². The summed E-state index contributed by atoms with van der Waals surface area (Å²) in [5, 5.41) is 0.514. The summed E-state index contributed by atoms with van der Waals surface area (Å²) in [5.74, 6) is 8.99. The molecular formula is C98H118Cl5N25O16. The van der Waals surface area contributed by atoms with E-state index in [1.165, 1.54) is 19.3 Å². The van der Waals surface area contributed by atoms with Crippen molar-refractivity contribution in [1.29, 1.82) is 0 Å². The molecule has 16 heterocycles. The van der Waals surface area contributed by atoms with Gasteiger partial charge in [0.2, 0.25) is 29.7 Å². The number of fused-ring (bicyclic) bond motifs is 5. The molecule has 766 valence electrons. The second-order valence-electron chi connectivity index (χ2n) is 36.7. The Balaban J connectivity index is 0.000000136. The molecule has 41 nitrogen and oxygen atoms in total. The molecule has 6 aliphatic heterocycles. The van der Waals surface area contributed by atoms with E-state index in [1.807, 2.05) is 62.6 Å². The Kier molecular flexibility index (Phi) is 34.5. The van der Waals surface area contributed by atoms with E-state index in [1.54, 1.807) is 108 Å². The summed E-state index contributed by atoms with van der Waals surface area (Å²) in [6.07, 6.45) is 23.1. The lowest BCUT2D eigenvalue weighted by atomic mass is 9.75. The van der Waals surface area contributed by atoms with Crippen molar-refractivity contribution in [1.82, 2.24) is 74.8 Å². The number of aromatic nitrogens is 15. The van der Waals surface area contributed by atoms with Gasteiger partial charge in [-0.15, -0.1) is 0 Å². The van der Waals surface area contributed by atoms with Crippen molar-refractivity contribution in [3.8, 4) is 57.5 Å². The smallest absolute Gasteiger partial charge is 0.223 e. The van der Waals surface area contributed by atoms with Crippen molar-refractivity contribution in [2.45, 2.75) is 136 Å². The molecule has 9 aliphatic rings. The number of nitrogens with zero attached hydrogens (tertiary/aromatic N) is 20. The first-order valence-corrected chi connectivity index (χ1v) is 49.3. The van der Waals surface area contributed by atoms with Crippen LogP contribution in [0.2, 0.25) is 25.8 Å². The maximum absolute atomic E-state index is 13.3. The monoisotopic (exact) mass is 2080 g/mol. The Labute approximate surface area is 858 Å². The summed E-state index contributed by atoms with van der Waals surface area (Å²) >= 11 is 31.6. The van der Waals surface area contributed by atoms with Gasteiger partial charge in [-0.25, -0.2) is 24.9 Å². The van der Waals surface area contributed by atoms with E-state index in [4.69, 9.17) is 139 Å². The lowest BCUT2D eigenvalue weighted by Gasteiger charge is -2.38. The Bertz CT molecular complexity index is 6210. The molecule has 10 N–H and O–H groups in total. The van der Waals surface area contributed by atoms with E-state index in [2.05, 4.69) is 74.8 Å². The SMILES string of the molecule is COc1cnc(CN2CC(C(C)C)C(=O)c3c(Cl)nc(N)nc32)cc1OC.COc1cnc(CN2CC(C3CCCC3)C(=O)c3c(Cl)nc(N)nc32)cc1OC.COc1cnc(CN2CC(C3CCCCC3)C(=O)c3c(Cl)nc(N)nc32)cc1OC.COc1cnc(CN2CC(C3CCOCC3)C(=O)c3c(Cl)nc(N)nc32)cc1OC.COc1cnc(CN2CC(CC3CC3)C(=O)c3c(Cl)nc(N)nc32)cc1OC. The van der Waals surface area contributed by atoms with Crippen LogP contribution in [0.3, 0.4) is 0 Å². The third-order valence-electron chi connectivity index (χ3n) is 27.4. The second-order valence-corrected chi connectivity index (χ2v) is 38.5. The second kappa shape index (κ2) is 47.2. The van der Waals surface area contributed by atoms with Crippen LogP contribution in [0.1, 0.15) is 184 Å². The van der Waals surface area contributed by atoms with Crippen molar-refractivity contribution >= 4 is 146 Å². The van der Waals surface area contributed by atoms with E-state index >= 15 is 0 Å². The van der Waals surface area contributed by atoms with Gasteiger partial charge in [-0.2, -0.15) is 24.9 Å². The van der Waals surface area contributed by atoms with Crippen molar-refractivity contribution in [2.75, 3.05) is 170 Å². The molecule has 144 heavy (non-hydrogen) atoms. The number of carbonyl (C=O) groups is 5. The normalized spacial score (nSPS) is 18.8. The van der Waals surface area contributed by atoms with Crippen LogP contribution >= 0.6 is 58.0 Å². The zero-order valence-electron chi connectivity index (χ0n) is 82.2. The summed E-state index contributed by atoms with van der Waals surface area (Å²) in [5.41, 5.74) is 34.6. The number of pyridine rings is 5. The average Bonchev–Trinajstić information content (AvgIpc) is 0.798. The summed E-state index contributed by atoms with van der Waals surface area (Å²) in [6.45, 7) is 10.1.